The number of hydrogen-bond acceptors (Lipinski definition) is 2. The first-order chi connectivity index (χ1) is 13.7. The number of hydrogen-bond donors (Lipinski definition) is 1. The molecule has 0 saturated carbocycles. The van der Waals surface area contributed by atoms with Crippen molar-refractivity contribution in [2.75, 3.05) is 18.4 Å². The van der Waals surface area contributed by atoms with Crippen molar-refractivity contribution in [2.45, 2.75) is 44.6 Å². The number of benzene rings is 2. The van der Waals surface area contributed by atoms with Crippen LogP contribution in [0.25, 0.3) is 0 Å². The lowest BCUT2D eigenvalue weighted by atomic mass is 9.76. The Kier molecular flexibility index (Phi) is 4.46. The molecule has 0 radical (unpaired) electrons. The van der Waals surface area contributed by atoms with E-state index in [2.05, 4.69) is 60.8 Å². The Morgan fingerprint density at radius 1 is 1.07 bits per heavy atom. The molecule has 1 amide bonds. The average molecular weight is 373 g/mol. The lowest BCUT2D eigenvalue weighted by Gasteiger charge is -2.39. The van der Waals surface area contributed by atoms with Crippen molar-refractivity contribution < 1.29 is 4.79 Å². The number of allylic oxidation sites excluding steroid dienone is 2. The number of aryl methyl sites for hydroxylation is 1. The molecule has 0 aromatic heterocycles. The molecule has 3 heteroatoms. The molecule has 3 atom stereocenters. The molecule has 1 fully saturated rings. The van der Waals surface area contributed by atoms with Crippen LogP contribution >= 0.6 is 0 Å². The summed E-state index contributed by atoms with van der Waals surface area (Å²) in [5.41, 5.74) is 5.79. The SMILES string of the molecule is Cc1cccc(C2Nc3c(C(=O)N4CCCCC4)cccc3C3C=CCC32)c1. The monoisotopic (exact) mass is 372 g/mol. The Morgan fingerprint density at radius 2 is 1.89 bits per heavy atom. The van der Waals surface area contributed by atoms with Crippen LogP contribution in [0.2, 0.25) is 0 Å². The van der Waals surface area contributed by atoms with Crippen molar-refractivity contribution in [2.24, 2.45) is 5.92 Å². The third-order valence-electron chi connectivity index (χ3n) is 6.67. The molecule has 28 heavy (non-hydrogen) atoms. The molecule has 5 rings (SSSR count). The number of carbonyl (C=O) groups excluding carboxylic acids is 1. The number of amides is 1. The number of carbonyl (C=O) groups is 1. The summed E-state index contributed by atoms with van der Waals surface area (Å²) >= 11 is 0. The summed E-state index contributed by atoms with van der Waals surface area (Å²) in [6.07, 6.45) is 9.22. The first kappa shape index (κ1) is 17.5. The van der Waals surface area contributed by atoms with Crippen LogP contribution in [0.3, 0.4) is 0 Å². The molecule has 1 aliphatic carbocycles. The van der Waals surface area contributed by atoms with Crippen LogP contribution in [0.4, 0.5) is 5.69 Å². The number of fused-ring (bicyclic) bond motifs is 3. The molecule has 144 valence electrons. The fourth-order valence-electron chi connectivity index (χ4n) is 5.26. The van der Waals surface area contributed by atoms with Crippen LogP contribution in [0, 0.1) is 12.8 Å². The first-order valence-corrected chi connectivity index (χ1v) is 10.6. The summed E-state index contributed by atoms with van der Waals surface area (Å²) in [7, 11) is 0. The third kappa shape index (κ3) is 2.94. The molecule has 3 nitrogen and oxygen atoms in total. The van der Waals surface area contributed by atoms with Crippen molar-refractivity contribution in [1.82, 2.24) is 4.90 Å². The van der Waals surface area contributed by atoms with Gasteiger partial charge in [-0.2, -0.15) is 0 Å². The van der Waals surface area contributed by atoms with Gasteiger partial charge in [-0.05, 0) is 55.7 Å². The van der Waals surface area contributed by atoms with Crippen LogP contribution in [0.15, 0.2) is 54.6 Å². The van der Waals surface area contributed by atoms with Crippen molar-refractivity contribution in [3.63, 3.8) is 0 Å². The maximum absolute atomic E-state index is 13.3. The van der Waals surface area contributed by atoms with Gasteiger partial charge >= 0.3 is 0 Å². The highest BCUT2D eigenvalue weighted by Gasteiger charge is 2.39. The number of rotatable bonds is 2. The van der Waals surface area contributed by atoms with Crippen LogP contribution in [-0.4, -0.2) is 23.9 Å². The number of nitrogens with one attached hydrogen (secondary N) is 1. The van der Waals surface area contributed by atoms with Gasteiger partial charge in [0.2, 0.25) is 0 Å². The maximum Gasteiger partial charge on any atom is 0.255 e. The summed E-state index contributed by atoms with van der Waals surface area (Å²) in [4.78, 5) is 15.4. The number of piperidine rings is 1. The minimum Gasteiger partial charge on any atom is -0.377 e. The third-order valence-corrected chi connectivity index (χ3v) is 6.67. The molecule has 2 aromatic rings. The summed E-state index contributed by atoms with van der Waals surface area (Å²) in [6.45, 7) is 3.92. The number of anilines is 1. The zero-order chi connectivity index (χ0) is 19.1. The fourth-order valence-corrected chi connectivity index (χ4v) is 5.26. The van der Waals surface area contributed by atoms with Gasteiger partial charge in [-0.15, -0.1) is 0 Å². The standard InChI is InChI=1S/C25H28N2O/c1-17-8-5-9-18(16-17)23-20-11-6-10-19(20)21-12-7-13-22(24(21)26-23)25(28)27-14-3-2-4-15-27/h5-10,12-13,16,19-20,23,26H,2-4,11,14-15H2,1H3. The van der Waals surface area contributed by atoms with E-state index in [0.29, 0.717) is 11.8 Å². The Labute approximate surface area is 167 Å². The van der Waals surface area contributed by atoms with E-state index >= 15 is 0 Å². The summed E-state index contributed by atoms with van der Waals surface area (Å²) in [5.74, 6) is 1.08. The highest BCUT2D eigenvalue weighted by molar-refractivity contribution is 6.01. The minimum atomic E-state index is 0.187. The fraction of sp³-hybridized carbons (Fsp3) is 0.400. The van der Waals surface area contributed by atoms with Crippen LogP contribution < -0.4 is 5.32 Å². The largest absolute Gasteiger partial charge is 0.377 e. The van der Waals surface area contributed by atoms with E-state index in [9.17, 15) is 4.79 Å². The van der Waals surface area contributed by atoms with Gasteiger partial charge < -0.3 is 10.2 Å². The highest BCUT2D eigenvalue weighted by atomic mass is 16.2. The normalized spacial score (nSPS) is 25.8. The van der Waals surface area contributed by atoms with Crippen molar-refractivity contribution >= 4 is 11.6 Å². The number of nitrogens with zero attached hydrogens (tertiary/aromatic N) is 1. The second-order valence-corrected chi connectivity index (χ2v) is 8.51. The number of likely N-dealkylation sites (tertiary alicyclic amines) is 1. The first-order valence-electron chi connectivity index (χ1n) is 10.6. The van der Waals surface area contributed by atoms with E-state index in [0.717, 1.165) is 43.6 Å². The van der Waals surface area contributed by atoms with Gasteiger partial charge in [0.25, 0.3) is 5.91 Å². The zero-order valence-electron chi connectivity index (χ0n) is 16.5. The highest BCUT2D eigenvalue weighted by Crippen LogP contribution is 2.50. The van der Waals surface area contributed by atoms with Gasteiger partial charge in [0.05, 0.1) is 17.3 Å². The topological polar surface area (TPSA) is 32.3 Å². The van der Waals surface area contributed by atoms with E-state index in [4.69, 9.17) is 0 Å². The predicted molar refractivity (Wildman–Crippen MR) is 114 cm³/mol. The van der Waals surface area contributed by atoms with Gasteiger partial charge in [0.15, 0.2) is 0 Å². The molecule has 1 saturated heterocycles. The van der Waals surface area contributed by atoms with Crippen LogP contribution in [0.1, 0.15) is 64.7 Å². The second-order valence-electron chi connectivity index (χ2n) is 8.51. The van der Waals surface area contributed by atoms with Gasteiger partial charge in [-0.3, -0.25) is 4.79 Å². The Bertz CT molecular complexity index is 926. The van der Waals surface area contributed by atoms with Gasteiger partial charge in [-0.25, -0.2) is 0 Å². The molecule has 2 heterocycles. The Morgan fingerprint density at radius 3 is 2.71 bits per heavy atom. The quantitative estimate of drug-likeness (QED) is 0.711. The Balaban J connectivity index is 1.56. The van der Waals surface area contributed by atoms with E-state index < -0.39 is 0 Å². The molecular weight excluding hydrogens is 344 g/mol. The van der Waals surface area contributed by atoms with Crippen molar-refractivity contribution in [3.05, 3.63) is 76.9 Å². The van der Waals surface area contributed by atoms with Gasteiger partial charge in [0, 0.05) is 19.0 Å². The van der Waals surface area contributed by atoms with E-state index in [1.54, 1.807) is 0 Å². The zero-order valence-corrected chi connectivity index (χ0v) is 16.5. The van der Waals surface area contributed by atoms with Crippen molar-refractivity contribution in [1.29, 1.82) is 0 Å². The van der Waals surface area contributed by atoms with Crippen LogP contribution in [0.5, 0.6) is 0 Å². The van der Waals surface area contributed by atoms with Gasteiger partial charge in [-0.1, -0.05) is 54.1 Å². The molecule has 0 spiro atoms. The Hall–Kier alpha value is -2.55. The average Bonchev–Trinajstić information content (AvgIpc) is 3.23. The summed E-state index contributed by atoms with van der Waals surface area (Å²) in [6, 6.07) is 15.3. The maximum atomic E-state index is 13.3. The second kappa shape index (κ2) is 7.12. The summed E-state index contributed by atoms with van der Waals surface area (Å²) < 4.78 is 0. The minimum absolute atomic E-state index is 0.187. The van der Waals surface area contributed by atoms with Crippen molar-refractivity contribution in [3.8, 4) is 0 Å². The smallest absolute Gasteiger partial charge is 0.255 e. The van der Waals surface area contributed by atoms with E-state index in [-0.39, 0.29) is 11.9 Å². The molecule has 3 unspecified atom stereocenters. The molecule has 1 N–H and O–H groups in total. The van der Waals surface area contributed by atoms with E-state index in [1.807, 2.05) is 11.0 Å². The van der Waals surface area contributed by atoms with E-state index in [1.165, 1.54) is 23.1 Å². The van der Waals surface area contributed by atoms with Gasteiger partial charge in [0.1, 0.15) is 0 Å². The molecule has 2 aromatic carbocycles. The van der Waals surface area contributed by atoms with Crippen LogP contribution in [-0.2, 0) is 0 Å². The molecular formula is C25H28N2O. The predicted octanol–water partition coefficient (Wildman–Crippen LogP) is 5.45. The molecule has 0 bridgehead atoms. The number of para-hydroxylation sites is 1. The lowest BCUT2D eigenvalue weighted by Crippen LogP contribution is -2.37. The molecule has 2 aliphatic heterocycles. The lowest BCUT2D eigenvalue weighted by molar-refractivity contribution is 0.0725. The summed E-state index contributed by atoms with van der Waals surface area (Å²) in [5, 5.41) is 3.81. The molecule has 3 aliphatic rings.